The van der Waals surface area contributed by atoms with Crippen LogP contribution < -0.4 is 19.3 Å². The molecule has 0 aliphatic carbocycles. The van der Waals surface area contributed by atoms with Crippen LogP contribution in [0.15, 0.2) is 116 Å². The van der Waals surface area contributed by atoms with Crippen molar-refractivity contribution < 1.29 is 30.5 Å². The van der Waals surface area contributed by atoms with Crippen LogP contribution >= 0.6 is 0 Å². The van der Waals surface area contributed by atoms with E-state index in [-0.39, 0.29) is 31.9 Å². The van der Waals surface area contributed by atoms with Gasteiger partial charge >= 0.3 is 0 Å². The third-order valence-corrected chi connectivity index (χ3v) is 7.61. The summed E-state index contributed by atoms with van der Waals surface area (Å²) in [4.78, 5) is 8.48. The molecule has 0 unspecified atom stereocenters. The zero-order valence-electron chi connectivity index (χ0n) is 27.0. The number of hydrogen-bond donors (Lipinski definition) is 0. The second-order valence-corrected chi connectivity index (χ2v) is 13.2. The molecular formula is C40H38N3O2Pt-3. The maximum absolute atomic E-state index is 6.35. The van der Waals surface area contributed by atoms with Gasteiger partial charge in [0.05, 0.1) is 0 Å². The Morgan fingerprint density at radius 2 is 1.26 bits per heavy atom. The van der Waals surface area contributed by atoms with Crippen LogP contribution in [-0.2, 0) is 31.9 Å². The SMILES string of the molecule is CC(C)(C)c1cc(N2C=CN(c3[c-]c(Oc4[c-]c(Oc5ccccn5)ccc4)cc(-c4ccccc4)c3)[CH-]2)cc(C(C)(C)C)c1.[Pt]. The number of ether oxygens (including phenoxy) is 2. The summed E-state index contributed by atoms with van der Waals surface area (Å²) < 4.78 is 12.2. The molecule has 1 aliphatic rings. The number of anilines is 2. The predicted octanol–water partition coefficient (Wildman–Crippen LogP) is 10.4. The third kappa shape index (κ3) is 7.89. The van der Waals surface area contributed by atoms with Crippen molar-refractivity contribution in [3.63, 3.8) is 0 Å². The summed E-state index contributed by atoms with van der Waals surface area (Å²) in [5.41, 5.74) is 6.76. The Morgan fingerprint density at radius 3 is 1.91 bits per heavy atom. The van der Waals surface area contributed by atoms with E-state index < -0.39 is 0 Å². The molecule has 46 heavy (non-hydrogen) atoms. The van der Waals surface area contributed by atoms with Crippen LogP contribution in [0.3, 0.4) is 0 Å². The maximum Gasteiger partial charge on any atom is 0.216 e. The summed E-state index contributed by atoms with van der Waals surface area (Å²) in [6, 6.07) is 39.1. The molecule has 1 aliphatic heterocycles. The summed E-state index contributed by atoms with van der Waals surface area (Å²) in [6.45, 7) is 15.7. The van der Waals surface area contributed by atoms with Gasteiger partial charge in [-0.25, -0.2) is 4.98 Å². The molecule has 0 atom stereocenters. The molecule has 0 bridgehead atoms. The molecule has 0 saturated heterocycles. The van der Waals surface area contributed by atoms with E-state index in [4.69, 9.17) is 9.47 Å². The van der Waals surface area contributed by atoms with Gasteiger partial charge in [-0.1, -0.05) is 90.1 Å². The Balaban J connectivity index is 0.00000417. The molecule has 238 valence electrons. The van der Waals surface area contributed by atoms with Gasteiger partial charge in [0.1, 0.15) is 0 Å². The number of rotatable bonds is 7. The summed E-state index contributed by atoms with van der Waals surface area (Å²) in [5.74, 6) is 2.10. The van der Waals surface area contributed by atoms with Crippen molar-refractivity contribution in [3.8, 4) is 34.3 Å². The van der Waals surface area contributed by atoms with Gasteiger partial charge in [-0.2, -0.15) is 6.07 Å². The Labute approximate surface area is 287 Å². The Morgan fingerprint density at radius 1 is 0.609 bits per heavy atom. The van der Waals surface area contributed by atoms with Gasteiger partial charge in [0, 0.05) is 56.3 Å². The normalized spacial score (nSPS) is 13.0. The topological polar surface area (TPSA) is 37.8 Å². The van der Waals surface area contributed by atoms with Gasteiger partial charge in [0.2, 0.25) is 5.88 Å². The van der Waals surface area contributed by atoms with E-state index in [1.807, 2.05) is 54.6 Å². The van der Waals surface area contributed by atoms with E-state index in [9.17, 15) is 0 Å². The molecule has 2 heterocycles. The van der Waals surface area contributed by atoms with Gasteiger partial charge < -0.3 is 19.3 Å². The Bertz CT molecular complexity index is 1780. The molecule has 1 aromatic heterocycles. The first kappa shape index (κ1) is 33.0. The van der Waals surface area contributed by atoms with Gasteiger partial charge in [0.25, 0.3) is 0 Å². The van der Waals surface area contributed by atoms with E-state index in [0.29, 0.717) is 23.1 Å². The van der Waals surface area contributed by atoms with E-state index in [0.717, 1.165) is 22.5 Å². The average Bonchev–Trinajstić information content (AvgIpc) is 3.52. The van der Waals surface area contributed by atoms with Crippen LogP contribution in [0.2, 0.25) is 0 Å². The molecule has 5 nitrogen and oxygen atoms in total. The van der Waals surface area contributed by atoms with Gasteiger partial charge in [-0.3, -0.25) is 0 Å². The summed E-state index contributed by atoms with van der Waals surface area (Å²) in [6.07, 6.45) is 5.83. The largest absolute Gasteiger partial charge is 0.509 e. The molecular weight excluding hydrogens is 750 g/mol. The third-order valence-electron chi connectivity index (χ3n) is 7.61. The van der Waals surface area contributed by atoms with Crippen molar-refractivity contribution >= 4 is 11.4 Å². The summed E-state index contributed by atoms with van der Waals surface area (Å²) >= 11 is 0. The second kappa shape index (κ2) is 13.6. The molecule has 5 aromatic rings. The van der Waals surface area contributed by atoms with Crippen molar-refractivity contribution in [2.75, 3.05) is 9.80 Å². The monoisotopic (exact) mass is 787 g/mol. The number of nitrogens with zero attached hydrogens (tertiary/aromatic N) is 3. The zero-order chi connectivity index (χ0) is 31.6. The average molecular weight is 788 g/mol. The standard InChI is InChI=1S/C40H38N3O2.Pt/c1-39(2,3)31-23-32(40(4,5)6)25-34(24-31)43-20-19-42(28-43)33-21-30(29-13-8-7-9-14-29)22-37(26-33)44-35-15-12-16-36(27-35)45-38-17-10-11-18-41-38;/h7-25,28H,1-6H3;/q-3;. The van der Waals surface area contributed by atoms with E-state index in [1.54, 1.807) is 12.3 Å². The number of benzene rings is 4. The minimum absolute atomic E-state index is 0. The molecule has 0 amide bonds. The molecule has 0 fully saturated rings. The minimum atomic E-state index is 0. The van der Waals surface area contributed by atoms with Crippen LogP contribution in [0.5, 0.6) is 23.1 Å². The number of pyridine rings is 1. The molecule has 0 N–H and O–H groups in total. The van der Waals surface area contributed by atoms with Crippen molar-refractivity contribution in [2.24, 2.45) is 0 Å². The van der Waals surface area contributed by atoms with Crippen molar-refractivity contribution in [2.45, 2.75) is 52.4 Å². The number of hydrogen-bond acceptors (Lipinski definition) is 5. The van der Waals surface area contributed by atoms with Crippen LogP contribution in [0.25, 0.3) is 11.1 Å². The predicted molar refractivity (Wildman–Crippen MR) is 183 cm³/mol. The van der Waals surface area contributed by atoms with E-state index in [2.05, 4.69) is 124 Å². The molecule has 6 rings (SSSR count). The molecule has 4 aromatic carbocycles. The van der Waals surface area contributed by atoms with Crippen LogP contribution in [-0.4, -0.2) is 4.98 Å². The van der Waals surface area contributed by atoms with Crippen molar-refractivity contribution in [1.82, 2.24) is 4.98 Å². The fraction of sp³-hybridized carbons (Fsp3) is 0.200. The van der Waals surface area contributed by atoms with Crippen LogP contribution in [0.1, 0.15) is 52.7 Å². The minimum Gasteiger partial charge on any atom is -0.509 e. The first-order valence-electron chi connectivity index (χ1n) is 15.2. The first-order chi connectivity index (χ1) is 21.5. The van der Waals surface area contributed by atoms with Crippen LogP contribution in [0.4, 0.5) is 11.4 Å². The second-order valence-electron chi connectivity index (χ2n) is 13.2. The summed E-state index contributed by atoms with van der Waals surface area (Å²) in [5, 5.41) is 0. The van der Waals surface area contributed by atoms with Crippen molar-refractivity contribution in [1.29, 1.82) is 0 Å². The first-order valence-corrected chi connectivity index (χ1v) is 15.2. The van der Waals surface area contributed by atoms with E-state index in [1.165, 1.54) is 11.1 Å². The molecule has 0 radical (unpaired) electrons. The van der Waals surface area contributed by atoms with Gasteiger partial charge in [-0.15, -0.1) is 48.3 Å². The van der Waals surface area contributed by atoms with Gasteiger partial charge in [-0.05, 0) is 58.1 Å². The molecule has 0 spiro atoms. The fourth-order valence-electron chi connectivity index (χ4n) is 4.98. The Hall–Kier alpha value is -4.34. The smallest absolute Gasteiger partial charge is 0.216 e. The Kier molecular flexibility index (Phi) is 9.74. The van der Waals surface area contributed by atoms with E-state index >= 15 is 0 Å². The fourth-order valence-corrected chi connectivity index (χ4v) is 4.98. The quantitative estimate of drug-likeness (QED) is 0.154. The van der Waals surface area contributed by atoms with Crippen LogP contribution in [0, 0.1) is 18.8 Å². The molecule has 0 saturated carbocycles. The number of aromatic nitrogens is 1. The molecule has 6 heteroatoms. The van der Waals surface area contributed by atoms with Crippen molar-refractivity contribution in [3.05, 3.63) is 146 Å². The zero-order valence-corrected chi connectivity index (χ0v) is 29.3. The summed E-state index contributed by atoms with van der Waals surface area (Å²) in [7, 11) is 0. The maximum atomic E-state index is 6.35. The van der Waals surface area contributed by atoms with Gasteiger partial charge in [0.15, 0.2) is 0 Å².